The second kappa shape index (κ2) is 8.96. The third-order valence-corrected chi connectivity index (χ3v) is 5.01. The highest BCUT2D eigenvalue weighted by Crippen LogP contribution is 2.41. The first-order chi connectivity index (χ1) is 8.69. The number of hydrogen-bond donors (Lipinski definition) is 1. The molecule has 0 aromatic heterocycles. The molecule has 18 heavy (non-hydrogen) atoms. The fourth-order valence-corrected chi connectivity index (χ4v) is 3.40. The van der Waals surface area contributed by atoms with Gasteiger partial charge in [-0.1, -0.05) is 78.1 Å². The molecular formula is C17H35N. The minimum absolute atomic E-state index is 0.458. The van der Waals surface area contributed by atoms with Gasteiger partial charge in [-0.3, -0.25) is 0 Å². The first-order valence-electron chi connectivity index (χ1n) is 8.44. The van der Waals surface area contributed by atoms with E-state index in [0.29, 0.717) is 11.5 Å². The van der Waals surface area contributed by atoms with Gasteiger partial charge in [-0.15, -0.1) is 0 Å². The smallest absolute Gasteiger partial charge is 0.00929 e. The molecule has 0 radical (unpaired) electrons. The van der Waals surface area contributed by atoms with Gasteiger partial charge in [0.05, 0.1) is 0 Å². The summed E-state index contributed by atoms with van der Waals surface area (Å²) in [5.41, 5.74) is 6.87. The maximum Gasteiger partial charge on any atom is 0.00929 e. The average molecular weight is 253 g/mol. The molecule has 1 saturated carbocycles. The Balaban J connectivity index is 1.94. The summed E-state index contributed by atoms with van der Waals surface area (Å²) >= 11 is 0. The van der Waals surface area contributed by atoms with E-state index < -0.39 is 0 Å². The van der Waals surface area contributed by atoms with E-state index in [0.717, 1.165) is 0 Å². The summed E-state index contributed by atoms with van der Waals surface area (Å²) in [5, 5.41) is 0. The molecule has 0 aromatic carbocycles. The van der Waals surface area contributed by atoms with E-state index in [1.807, 2.05) is 0 Å². The van der Waals surface area contributed by atoms with E-state index in [1.54, 1.807) is 0 Å². The van der Waals surface area contributed by atoms with Crippen LogP contribution < -0.4 is 5.73 Å². The van der Waals surface area contributed by atoms with Gasteiger partial charge in [0, 0.05) is 6.04 Å². The van der Waals surface area contributed by atoms with E-state index in [9.17, 15) is 0 Å². The average Bonchev–Trinajstić information content (AvgIpc) is 2.81. The fourth-order valence-electron chi connectivity index (χ4n) is 3.40. The zero-order valence-corrected chi connectivity index (χ0v) is 12.8. The van der Waals surface area contributed by atoms with Crippen molar-refractivity contribution in [3.8, 4) is 0 Å². The summed E-state index contributed by atoms with van der Waals surface area (Å²) in [7, 11) is 0. The molecule has 1 rings (SSSR count). The molecule has 0 aromatic rings. The van der Waals surface area contributed by atoms with Gasteiger partial charge in [0.1, 0.15) is 0 Å². The van der Waals surface area contributed by atoms with Gasteiger partial charge in [-0.05, 0) is 24.7 Å². The van der Waals surface area contributed by atoms with Crippen LogP contribution in [0.25, 0.3) is 0 Å². The van der Waals surface area contributed by atoms with Crippen LogP contribution in [0.2, 0.25) is 0 Å². The minimum Gasteiger partial charge on any atom is -0.327 e. The lowest BCUT2D eigenvalue weighted by Gasteiger charge is -2.31. The minimum atomic E-state index is 0.458. The van der Waals surface area contributed by atoms with E-state index in [-0.39, 0.29) is 0 Å². The molecule has 0 amide bonds. The molecule has 0 bridgehead atoms. The Kier molecular flexibility index (Phi) is 7.97. The van der Waals surface area contributed by atoms with Gasteiger partial charge in [0.15, 0.2) is 0 Å². The molecule has 0 saturated heterocycles. The number of hydrogen-bond acceptors (Lipinski definition) is 1. The van der Waals surface area contributed by atoms with Crippen molar-refractivity contribution in [2.24, 2.45) is 11.1 Å². The van der Waals surface area contributed by atoms with E-state index in [1.165, 1.54) is 83.5 Å². The van der Waals surface area contributed by atoms with Crippen molar-refractivity contribution in [1.29, 1.82) is 0 Å². The van der Waals surface area contributed by atoms with Gasteiger partial charge in [-0.25, -0.2) is 0 Å². The van der Waals surface area contributed by atoms with Crippen molar-refractivity contribution in [3.05, 3.63) is 0 Å². The maximum atomic E-state index is 6.39. The molecule has 1 nitrogen and oxygen atoms in total. The van der Waals surface area contributed by atoms with Gasteiger partial charge < -0.3 is 5.73 Å². The van der Waals surface area contributed by atoms with Gasteiger partial charge in [0.25, 0.3) is 0 Å². The van der Waals surface area contributed by atoms with Crippen LogP contribution in [0.15, 0.2) is 0 Å². The van der Waals surface area contributed by atoms with Gasteiger partial charge in [0.2, 0.25) is 0 Å². The maximum absolute atomic E-state index is 6.39. The number of nitrogens with two attached hydrogens (primary N) is 1. The van der Waals surface area contributed by atoms with Crippen LogP contribution in [0.1, 0.15) is 97.3 Å². The molecule has 1 aliphatic rings. The highest BCUT2D eigenvalue weighted by molar-refractivity contribution is 4.89. The van der Waals surface area contributed by atoms with E-state index >= 15 is 0 Å². The third kappa shape index (κ3) is 5.73. The Morgan fingerprint density at radius 1 is 0.889 bits per heavy atom. The molecule has 108 valence electrons. The molecule has 2 N–H and O–H groups in total. The van der Waals surface area contributed by atoms with Gasteiger partial charge >= 0.3 is 0 Å². The van der Waals surface area contributed by atoms with Crippen LogP contribution in [0, 0.1) is 5.41 Å². The van der Waals surface area contributed by atoms with Crippen LogP contribution in [0.5, 0.6) is 0 Å². The number of unbranched alkanes of at least 4 members (excludes halogenated alkanes) is 7. The summed E-state index contributed by atoms with van der Waals surface area (Å²) in [4.78, 5) is 0. The fraction of sp³-hybridized carbons (Fsp3) is 1.00. The topological polar surface area (TPSA) is 26.0 Å². The zero-order chi connectivity index (χ0) is 13.3. The molecule has 1 heteroatoms. The number of rotatable bonds is 10. The second-order valence-electron chi connectivity index (χ2n) is 6.73. The van der Waals surface area contributed by atoms with Crippen LogP contribution in [-0.2, 0) is 0 Å². The van der Waals surface area contributed by atoms with Gasteiger partial charge in [-0.2, -0.15) is 0 Å². The molecule has 0 aliphatic heterocycles. The van der Waals surface area contributed by atoms with Crippen molar-refractivity contribution in [1.82, 2.24) is 0 Å². The van der Waals surface area contributed by atoms with E-state index in [4.69, 9.17) is 5.73 Å². The third-order valence-electron chi connectivity index (χ3n) is 5.01. The summed E-state index contributed by atoms with van der Waals surface area (Å²) in [6, 6.07) is 0.458. The molecule has 1 unspecified atom stereocenters. The lowest BCUT2D eigenvalue weighted by atomic mass is 9.79. The lowest BCUT2D eigenvalue weighted by Crippen LogP contribution is -2.37. The lowest BCUT2D eigenvalue weighted by molar-refractivity contribution is 0.246. The summed E-state index contributed by atoms with van der Waals surface area (Å²) in [6.45, 7) is 4.69. The standard InChI is InChI=1S/C17H35N/c1-3-4-5-6-7-8-9-10-13-16(18)17(2)14-11-12-15-17/h16H,3-15,18H2,1-2H3. The Hall–Kier alpha value is -0.0400. The SMILES string of the molecule is CCCCCCCCCCC(N)C1(C)CCCC1. The van der Waals surface area contributed by atoms with Crippen LogP contribution >= 0.6 is 0 Å². The molecule has 1 fully saturated rings. The highest BCUT2D eigenvalue weighted by atomic mass is 14.7. The first kappa shape index (κ1) is 16.0. The van der Waals surface area contributed by atoms with Crippen molar-refractivity contribution >= 4 is 0 Å². The zero-order valence-electron chi connectivity index (χ0n) is 12.8. The normalized spacial score (nSPS) is 20.2. The van der Waals surface area contributed by atoms with Crippen LogP contribution in [0.3, 0.4) is 0 Å². The molecule has 0 spiro atoms. The summed E-state index contributed by atoms with van der Waals surface area (Å²) in [6.07, 6.45) is 18.1. The van der Waals surface area contributed by atoms with Crippen LogP contribution in [0.4, 0.5) is 0 Å². The predicted molar refractivity (Wildman–Crippen MR) is 81.8 cm³/mol. The molecule has 1 atom stereocenters. The van der Waals surface area contributed by atoms with Crippen molar-refractivity contribution in [3.63, 3.8) is 0 Å². The van der Waals surface area contributed by atoms with Crippen molar-refractivity contribution in [2.45, 2.75) is 103 Å². The summed E-state index contributed by atoms with van der Waals surface area (Å²) < 4.78 is 0. The molecule has 1 aliphatic carbocycles. The highest BCUT2D eigenvalue weighted by Gasteiger charge is 2.34. The first-order valence-corrected chi connectivity index (χ1v) is 8.44. The largest absolute Gasteiger partial charge is 0.327 e. The Morgan fingerprint density at radius 3 is 1.94 bits per heavy atom. The van der Waals surface area contributed by atoms with Crippen molar-refractivity contribution < 1.29 is 0 Å². The summed E-state index contributed by atoms with van der Waals surface area (Å²) in [5.74, 6) is 0. The second-order valence-corrected chi connectivity index (χ2v) is 6.73. The molecular weight excluding hydrogens is 218 g/mol. The predicted octanol–water partition coefficient (Wildman–Crippen LogP) is 5.42. The van der Waals surface area contributed by atoms with Crippen molar-refractivity contribution in [2.75, 3.05) is 0 Å². The Bertz CT molecular complexity index is 194. The monoisotopic (exact) mass is 253 g/mol. The van der Waals surface area contributed by atoms with Crippen LogP contribution in [-0.4, -0.2) is 6.04 Å². The molecule has 0 heterocycles. The Morgan fingerprint density at radius 2 is 1.39 bits per heavy atom. The Labute approximate surface area is 115 Å². The quantitative estimate of drug-likeness (QED) is 0.516. The van der Waals surface area contributed by atoms with E-state index in [2.05, 4.69) is 13.8 Å².